The third kappa shape index (κ3) is 3.57. The van der Waals surface area contributed by atoms with Crippen LogP contribution < -0.4 is 15.4 Å². The third-order valence-electron chi connectivity index (χ3n) is 3.30. The minimum Gasteiger partial charge on any atom is -0.495 e. The van der Waals surface area contributed by atoms with Gasteiger partial charge >= 0.3 is 0 Å². The lowest BCUT2D eigenvalue weighted by Gasteiger charge is -2.12. The van der Waals surface area contributed by atoms with E-state index < -0.39 is 0 Å². The van der Waals surface area contributed by atoms with E-state index in [1.807, 2.05) is 25.1 Å². The second-order valence-electron chi connectivity index (χ2n) is 5.10. The van der Waals surface area contributed by atoms with Gasteiger partial charge in [0, 0.05) is 0 Å². The summed E-state index contributed by atoms with van der Waals surface area (Å²) in [7, 11) is 1.60. The van der Waals surface area contributed by atoms with E-state index in [1.54, 1.807) is 25.3 Å². The van der Waals surface area contributed by atoms with Crippen molar-refractivity contribution >= 4 is 23.1 Å². The Morgan fingerprint density at radius 1 is 1.04 bits per heavy atom. The number of hydrogen-bond acceptors (Lipinski definition) is 6. The molecule has 0 aliphatic rings. The number of aromatic nitrogens is 3. The molecule has 0 unspecified atom stereocenters. The summed E-state index contributed by atoms with van der Waals surface area (Å²) in [5.74, 6) is 0.951. The first-order valence-corrected chi connectivity index (χ1v) is 7.28. The number of ether oxygens (including phenoxy) is 1. The number of benzene rings is 2. The molecular weight excluding hydrogens is 309 g/mol. The largest absolute Gasteiger partial charge is 0.495 e. The van der Waals surface area contributed by atoms with Crippen LogP contribution in [0.1, 0.15) is 5.56 Å². The van der Waals surface area contributed by atoms with Gasteiger partial charge in [-0.2, -0.15) is 10.1 Å². The number of halogens is 1. The number of para-hydroxylation sites is 1. The van der Waals surface area contributed by atoms with Crippen LogP contribution in [-0.4, -0.2) is 22.3 Å². The molecule has 2 aromatic carbocycles. The maximum absolute atomic E-state index is 13.7. The van der Waals surface area contributed by atoms with Crippen molar-refractivity contribution in [3.63, 3.8) is 0 Å². The molecule has 3 rings (SSSR count). The van der Waals surface area contributed by atoms with Crippen molar-refractivity contribution in [3.8, 4) is 5.75 Å². The van der Waals surface area contributed by atoms with Gasteiger partial charge < -0.3 is 15.4 Å². The molecule has 0 saturated heterocycles. The molecule has 0 bridgehead atoms. The molecular formula is C17H16FN5O. The van der Waals surface area contributed by atoms with Gasteiger partial charge in [-0.3, -0.25) is 0 Å². The van der Waals surface area contributed by atoms with E-state index in [4.69, 9.17) is 4.74 Å². The smallest absolute Gasteiger partial charge is 0.249 e. The van der Waals surface area contributed by atoms with Crippen LogP contribution in [0.4, 0.5) is 27.5 Å². The van der Waals surface area contributed by atoms with Gasteiger partial charge in [-0.15, -0.1) is 5.10 Å². The Morgan fingerprint density at radius 2 is 1.88 bits per heavy atom. The van der Waals surface area contributed by atoms with Gasteiger partial charge in [-0.1, -0.05) is 18.2 Å². The maximum atomic E-state index is 13.7. The van der Waals surface area contributed by atoms with Gasteiger partial charge in [0.05, 0.1) is 24.7 Å². The summed E-state index contributed by atoms with van der Waals surface area (Å²) in [4.78, 5) is 4.29. The van der Waals surface area contributed by atoms with Crippen LogP contribution in [0.25, 0.3) is 0 Å². The van der Waals surface area contributed by atoms with Gasteiger partial charge in [-0.25, -0.2) is 4.39 Å². The molecule has 0 aliphatic carbocycles. The fourth-order valence-electron chi connectivity index (χ4n) is 2.16. The van der Waals surface area contributed by atoms with Crippen molar-refractivity contribution in [3.05, 3.63) is 60.0 Å². The summed E-state index contributed by atoms with van der Waals surface area (Å²) >= 11 is 0. The highest BCUT2D eigenvalue weighted by Gasteiger charge is 2.08. The van der Waals surface area contributed by atoms with E-state index in [9.17, 15) is 4.39 Å². The highest BCUT2D eigenvalue weighted by molar-refractivity contribution is 5.65. The van der Waals surface area contributed by atoms with Crippen molar-refractivity contribution < 1.29 is 9.13 Å². The molecule has 0 radical (unpaired) electrons. The molecule has 0 fully saturated rings. The molecule has 122 valence electrons. The minimum atomic E-state index is -0.389. The predicted octanol–water partition coefficient (Wildman–Crippen LogP) is 3.81. The molecule has 2 N–H and O–H groups in total. The number of nitrogens with zero attached hydrogens (tertiary/aromatic N) is 3. The van der Waals surface area contributed by atoms with Crippen LogP contribution in [0, 0.1) is 12.7 Å². The van der Waals surface area contributed by atoms with Gasteiger partial charge in [0.25, 0.3) is 0 Å². The lowest BCUT2D eigenvalue weighted by molar-refractivity contribution is 0.416. The second-order valence-corrected chi connectivity index (χ2v) is 5.10. The number of aryl methyl sites for hydroxylation is 1. The monoisotopic (exact) mass is 325 g/mol. The Kier molecular flexibility index (Phi) is 4.51. The molecule has 7 heteroatoms. The number of methoxy groups -OCH3 is 1. The van der Waals surface area contributed by atoms with Crippen molar-refractivity contribution in [1.82, 2.24) is 15.2 Å². The molecule has 0 aliphatic heterocycles. The van der Waals surface area contributed by atoms with Crippen molar-refractivity contribution in [2.24, 2.45) is 0 Å². The minimum absolute atomic E-state index is 0.191. The number of rotatable bonds is 5. The first kappa shape index (κ1) is 15.7. The first-order chi connectivity index (χ1) is 11.7. The lowest BCUT2D eigenvalue weighted by atomic mass is 10.2. The molecule has 1 aromatic heterocycles. The Labute approximate surface area is 138 Å². The van der Waals surface area contributed by atoms with Gasteiger partial charge in [0.2, 0.25) is 5.95 Å². The summed E-state index contributed by atoms with van der Waals surface area (Å²) in [6, 6.07) is 12.0. The average molecular weight is 325 g/mol. The van der Waals surface area contributed by atoms with E-state index in [0.29, 0.717) is 11.6 Å². The van der Waals surface area contributed by atoms with Gasteiger partial charge in [-0.05, 0) is 36.8 Å². The Morgan fingerprint density at radius 3 is 2.67 bits per heavy atom. The topological polar surface area (TPSA) is 72.0 Å². The molecule has 6 nitrogen and oxygen atoms in total. The molecule has 0 spiro atoms. The van der Waals surface area contributed by atoms with Crippen LogP contribution in [0.5, 0.6) is 5.75 Å². The van der Waals surface area contributed by atoms with Crippen molar-refractivity contribution in [1.29, 1.82) is 0 Å². The highest BCUT2D eigenvalue weighted by atomic mass is 19.1. The highest BCUT2D eigenvalue weighted by Crippen LogP contribution is 2.28. The molecule has 1 heterocycles. The van der Waals surface area contributed by atoms with E-state index >= 15 is 0 Å². The summed E-state index contributed by atoms with van der Waals surface area (Å²) in [6.07, 6.45) is 1.48. The zero-order chi connectivity index (χ0) is 16.9. The standard InChI is InChI=1S/C17H16FN5O/c1-11-7-8-15(24-2)14(9-11)20-16-10-19-23-17(22-16)21-13-6-4-3-5-12(13)18/h3-10H,1-2H3,(H2,20,21,22,23). The Hall–Kier alpha value is -3.22. The fraction of sp³-hybridized carbons (Fsp3) is 0.118. The zero-order valence-corrected chi connectivity index (χ0v) is 13.2. The quantitative estimate of drug-likeness (QED) is 0.743. The van der Waals surface area contributed by atoms with Gasteiger partial charge in [0.1, 0.15) is 11.6 Å². The first-order valence-electron chi connectivity index (χ1n) is 7.28. The summed E-state index contributed by atoms with van der Waals surface area (Å²) < 4.78 is 19.0. The van der Waals surface area contributed by atoms with Crippen LogP contribution in [-0.2, 0) is 0 Å². The van der Waals surface area contributed by atoms with Gasteiger partial charge in [0.15, 0.2) is 5.82 Å². The number of anilines is 4. The zero-order valence-electron chi connectivity index (χ0n) is 13.2. The maximum Gasteiger partial charge on any atom is 0.249 e. The molecule has 0 amide bonds. The Bertz CT molecular complexity index is 856. The van der Waals surface area contributed by atoms with Crippen LogP contribution >= 0.6 is 0 Å². The lowest BCUT2D eigenvalue weighted by Crippen LogP contribution is -2.04. The Balaban J connectivity index is 1.84. The van der Waals surface area contributed by atoms with E-state index in [-0.39, 0.29) is 17.5 Å². The normalized spacial score (nSPS) is 10.3. The third-order valence-corrected chi connectivity index (χ3v) is 3.30. The fourth-order valence-corrected chi connectivity index (χ4v) is 2.16. The molecule has 3 aromatic rings. The van der Waals surface area contributed by atoms with Crippen LogP contribution in [0.3, 0.4) is 0 Å². The van der Waals surface area contributed by atoms with Crippen LogP contribution in [0.15, 0.2) is 48.7 Å². The van der Waals surface area contributed by atoms with E-state index in [1.165, 1.54) is 12.3 Å². The average Bonchev–Trinajstić information content (AvgIpc) is 2.58. The predicted molar refractivity (Wildman–Crippen MR) is 90.5 cm³/mol. The molecule has 0 atom stereocenters. The summed E-state index contributed by atoms with van der Waals surface area (Å²) in [6.45, 7) is 1.98. The summed E-state index contributed by atoms with van der Waals surface area (Å²) in [5.41, 5.74) is 2.12. The second kappa shape index (κ2) is 6.91. The van der Waals surface area contributed by atoms with Crippen LogP contribution in [0.2, 0.25) is 0 Å². The summed E-state index contributed by atoms with van der Waals surface area (Å²) in [5, 5.41) is 13.7. The number of nitrogens with one attached hydrogen (secondary N) is 2. The van der Waals surface area contributed by atoms with Crippen molar-refractivity contribution in [2.75, 3.05) is 17.7 Å². The SMILES string of the molecule is COc1ccc(C)cc1Nc1cnnc(Nc2ccccc2F)n1. The van der Waals surface area contributed by atoms with E-state index in [0.717, 1.165) is 11.3 Å². The molecule has 0 saturated carbocycles. The van der Waals surface area contributed by atoms with Crippen molar-refractivity contribution in [2.45, 2.75) is 6.92 Å². The number of hydrogen-bond donors (Lipinski definition) is 2. The van der Waals surface area contributed by atoms with E-state index in [2.05, 4.69) is 25.8 Å². The molecule has 24 heavy (non-hydrogen) atoms.